The summed E-state index contributed by atoms with van der Waals surface area (Å²) in [4.78, 5) is 19.2. The van der Waals surface area contributed by atoms with Gasteiger partial charge >= 0.3 is 0 Å². The Kier molecular flexibility index (Phi) is 4.59. The van der Waals surface area contributed by atoms with E-state index in [9.17, 15) is 4.79 Å². The first-order valence-electron chi connectivity index (χ1n) is 7.67. The Morgan fingerprint density at radius 2 is 2.14 bits per heavy atom. The van der Waals surface area contributed by atoms with Crippen molar-refractivity contribution in [3.05, 3.63) is 34.2 Å². The number of amides is 1. The molecule has 3 rings (SSSR count). The number of rotatable bonds is 4. The summed E-state index contributed by atoms with van der Waals surface area (Å²) in [7, 11) is 0. The zero-order valence-electron chi connectivity index (χ0n) is 13.0. The Bertz CT molecular complexity index is 656. The number of nitrogens with one attached hydrogen (secondary N) is 1. The van der Waals surface area contributed by atoms with E-state index < -0.39 is 0 Å². The zero-order chi connectivity index (χ0) is 15.5. The van der Waals surface area contributed by atoms with Crippen molar-refractivity contribution in [1.82, 2.24) is 9.88 Å². The Hall–Kier alpha value is -1.66. The zero-order valence-corrected chi connectivity index (χ0v) is 13.8. The molecule has 1 aliphatic rings. The van der Waals surface area contributed by atoms with Gasteiger partial charge in [0.05, 0.1) is 11.3 Å². The molecule has 6 heteroatoms. The predicted octanol–water partition coefficient (Wildman–Crippen LogP) is 3.59. The fourth-order valence-corrected chi connectivity index (χ4v) is 3.50. The third-order valence-electron chi connectivity index (χ3n) is 3.89. The second-order valence-corrected chi connectivity index (χ2v) is 6.62. The summed E-state index contributed by atoms with van der Waals surface area (Å²) < 4.78 is 5.39. The third-order valence-corrected chi connectivity index (χ3v) is 4.70. The number of hydrogen-bond donors (Lipinski definition) is 1. The molecule has 0 radical (unpaired) electrons. The number of thiazole rings is 1. The standard InChI is InChI=1S/C16H21N3O2S/c1-11-8-14(12(2)21-11)15(20)18-16-17-13(10-22-16)9-19-6-4-3-5-7-19/h8,10H,3-7,9H2,1-2H3,(H,17,18,20). The SMILES string of the molecule is Cc1cc(C(=O)Nc2nc(CN3CCCCC3)cs2)c(C)o1. The van der Waals surface area contributed by atoms with Crippen LogP contribution in [-0.4, -0.2) is 28.9 Å². The normalized spacial score (nSPS) is 15.9. The van der Waals surface area contributed by atoms with E-state index in [2.05, 4.69) is 15.2 Å². The minimum atomic E-state index is -0.159. The van der Waals surface area contributed by atoms with Gasteiger partial charge in [0, 0.05) is 11.9 Å². The Morgan fingerprint density at radius 3 is 2.82 bits per heavy atom. The summed E-state index contributed by atoms with van der Waals surface area (Å²) in [5.74, 6) is 1.22. The molecule has 0 spiro atoms. The van der Waals surface area contributed by atoms with E-state index in [1.165, 1.54) is 30.6 Å². The van der Waals surface area contributed by atoms with Gasteiger partial charge in [0.25, 0.3) is 5.91 Å². The van der Waals surface area contributed by atoms with Crippen LogP contribution in [0.25, 0.3) is 0 Å². The van der Waals surface area contributed by atoms with Crippen molar-refractivity contribution in [2.24, 2.45) is 0 Å². The van der Waals surface area contributed by atoms with Crippen molar-refractivity contribution in [3.8, 4) is 0 Å². The number of piperidine rings is 1. The summed E-state index contributed by atoms with van der Waals surface area (Å²) in [5, 5.41) is 5.53. The van der Waals surface area contributed by atoms with E-state index in [1.54, 1.807) is 13.0 Å². The van der Waals surface area contributed by atoms with Crippen molar-refractivity contribution in [2.45, 2.75) is 39.7 Å². The van der Waals surface area contributed by atoms with Crippen LogP contribution in [0.2, 0.25) is 0 Å². The van der Waals surface area contributed by atoms with Gasteiger partial charge in [-0.25, -0.2) is 4.98 Å². The van der Waals surface area contributed by atoms with Gasteiger partial charge in [-0.3, -0.25) is 15.0 Å². The minimum absolute atomic E-state index is 0.159. The molecule has 2 aromatic heterocycles. The van der Waals surface area contributed by atoms with Crippen molar-refractivity contribution >= 4 is 22.4 Å². The molecule has 22 heavy (non-hydrogen) atoms. The van der Waals surface area contributed by atoms with Crippen LogP contribution in [0, 0.1) is 13.8 Å². The maximum absolute atomic E-state index is 12.2. The first-order valence-corrected chi connectivity index (χ1v) is 8.55. The number of nitrogens with zero attached hydrogens (tertiary/aromatic N) is 2. The highest BCUT2D eigenvalue weighted by Gasteiger charge is 2.16. The first-order chi connectivity index (χ1) is 10.6. The van der Waals surface area contributed by atoms with Crippen LogP contribution in [0.5, 0.6) is 0 Å². The summed E-state index contributed by atoms with van der Waals surface area (Å²) in [5.41, 5.74) is 1.60. The van der Waals surface area contributed by atoms with E-state index in [1.807, 2.05) is 12.3 Å². The number of carbonyl (C=O) groups is 1. The molecule has 0 saturated carbocycles. The predicted molar refractivity (Wildman–Crippen MR) is 87.4 cm³/mol. The van der Waals surface area contributed by atoms with Crippen LogP contribution in [-0.2, 0) is 6.54 Å². The number of aromatic nitrogens is 1. The molecule has 3 heterocycles. The molecule has 1 amide bonds. The lowest BCUT2D eigenvalue weighted by Gasteiger charge is -2.25. The number of anilines is 1. The van der Waals surface area contributed by atoms with Crippen LogP contribution in [0.3, 0.4) is 0 Å². The van der Waals surface area contributed by atoms with Crippen LogP contribution in [0.1, 0.15) is 46.8 Å². The molecule has 1 saturated heterocycles. The Morgan fingerprint density at radius 1 is 1.36 bits per heavy atom. The molecule has 0 aliphatic carbocycles. The van der Waals surface area contributed by atoms with E-state index in [4.69, 9.17) is 4.42 Å². The average molecular weight is 319 g/mol. The second kappa shape index (κ2) is 6.62. The van der Waals surface area contributed by atoms with E-state index in [-0.39, 0.29) is 5.91 Å². The number of furan rings is 1. The number of aryl methyl sites for hydroxylation is 2. The van der Waals surface area contributed by atoms with Crippen LogP contribution in [0.4, 0.5) is 5.13 Å². The van der Waals surface area contributed by atoms with Crippen LogP contribution >= 0.6 is 11.3 Å². The molecule has 5 nitrogen and oxygen atoms in total. The Balaban J connectivity index is 1.61. The third kappa shape index (κ3) is 3.56. The molecule has 0 aromatic carbocycles. The average Bonchev–Trinajstić information content (AvgIpc) is 3.06. The number of carbonyl (C=O) groups excluding carboxylic acids is 1. The van der Waals surface area contributed by atoms with E-state index in [0.717, 1.165) is 31.1 Å². The molecule has 1 N–H and O–H groups in total. The van der Waals surface area contributed by atoms with Crippen molar-refractivity contribution in [1.29, 1.82) is 0 Å². The molecule has 0 unspecified atom stereocenters. The molecule has 0 atom stereocenters. The Labute approximate surface area is 134 Å². The number of likely N-dealkylation sites (tertiary alicyclic amines) is 1. The highest BCUT2D eigenvalue weighted by atomic mass is 32.1. The number of hydrogen-bond acceptors (Lipinski definition) is 5. The molecular formula is C16H21N3O2S. The fraction of sp³-hybridized carbons (Fsp3) is 0.500. The lowest BCUT2D eigenvalue weighted by Crippen LogP contribution is -2.29. The smallest absolute Gasteiger partial charge is 0.260 e. The highest BCUT2D eigenvalue weighted by Crippen LogP contribution is 2.21. The minimum Gasteiger partial charge on any atom is -0.466 e. The summed E-state index contributed by atoms with van der Waals surface area (Å²) in [6, 6.07) is 1.76. The van der Waals surface area contributed by atoms with Gasteiger partial charge in [-0.2, -0.15) is 0 Å². The lowest BCUT2D eigenvalue weighted by atomic mass is 10.1. The van der Waals surface area contributed by atoms with Gasteiger partial charge in [0.2, 0.25) is 0 Å². The molecule has 1 aliphatic heterocycles. The fourth-order valence-electron chi connectivity index (χ4n) is 2.80. The molecule has 118 valence electrons. The first kappa shape index (κ1) is 15.2. The van der Waals surface area contributed by atoms with E-state index in [0.29, 0.717) is 16.5 Å². The molecule has 1 fully saturated rings. The highest BCUT2D eigenvalue weighted by molar-refractivity contribution is 7.13. The molecule has 2 aromatic rings. The summed E-state index contributed by atoms with van der Waals surface area (Å²) in [6.45, 7) is 6.80. The van der Waals surface area contributed by atoms with E-state index >= 15 is 0 Å². The van der Waals surface area contributed by atoms with Crippen molar-refractivity contribution in [2.75, 3.05) is 18.4 Å². The van der Waals surface area contributed by atoms with Gasteiger partial charge < -0.3 is 4.42 Å². The quantitative estimate of drug-likeness (QED) is 0.935. The van der Waals surface area contributed by atoms with Crippen LogP contribution in [0.15, 0.2) is 15.9 Å². The summed E-state index contributed by atoms with van der Waals surface area (Å²) >= 11 is 1.47. The maximum atomic E-state index is 12.2. The van der Waals surface area contributed by atoms with Crippen molar-refractivity contribution in [3.63, 3.8) is 0 Å². The lowest BCUT2D eigenvalue weighted by molar-refractivity contribution is 0.102. The van der Waals surface area contributed by atoms with Gasteiger partial charge in [-0.15, -0.1) is 11.3 Å². The van der Waals surface area contributed by atoms with Gasteiger partial charge in [-0.05, 0) is 45.8 Å². The molecule has 0 bridgehead atoms. The maximum Gasteiger partial charge on any atom is 0.260 e. The molecular weight excluding hydrogens is 298 g/mol. The second-order valence-electron chi connectivity index (χ2n) is 5.76. The largest absolute Gasteiger partial charge is 0.466 e. The van der Waals surface area contributed by atoms with Crippen LogP contribution < -0.4 is 5.32 Å². The van der Waals surface area contributed by atoms with Gasteiger partial charge in [0.15, 0.2) is 5.13 Å². The van der Waals surface area contributed by atoms with Crippen molar-refractivity contribution < 1.29 is 9.21 Å². The topological polar surface area (TPSA) is 58.4 Å². The monoisotopic (exact) mass is 319 g/mol. The van der Waals surface area contributed by atoms with Gasteiger partial charge in [-0.1, -0.05) is 6.42 Å². The summed E-state index contributed by atoms with van der Waals surface area (Å²) in [6.07, 6.45) is 3.87. The van der Waals surface area contributed by atoms with Gasteiger partial charge in [0.1, 0.15) is 11.5 Å².